The molecular weight excluding hydrogens is 352 g/mol. The molecule has 1 N–H and O–H groups in total. The molecule has 0 atom stereocenters. The lowest BCUT2D eigenvalue weighted by atomic mass is 9.98. The molecule has 0 saturated heterocycles. The molecule has 1 aliphatic carbocycles. The van der Waals surface area contributed by atoms with Gasteiger partial charge in [-0.2, -0.15) is 4.98 Å². The van der Waals surface area contributed by atoms with Gasteiger partial charge in [0.1, 0.15) is 23.9 Å². The second-order valence-electron chi connectivity index (χ2n) is 6.20. The molecule has 0 aliphatic heterocycles. The summed E-state index contributed by atoms with van der Waals surface area (Å²) in [4.78, 5) is 19.2. The van der Waals surface area contributed by atoms with Crippen molar-refractivity contribution >= 4 is 17.2 Å². The van der Waals surface area contributed by atoms with Crippen LogP contribution in [-0.2, 0) is 0 Å². The van der Waals surface area contributed by atoms with Crippen LogP contribution < -0.4 is 19.5 Å². The van der Waals surface area contributed by atoms with Gasteiger partial charge in [0, 0.05) is 6.07 Å². The van der Waals surface area contributed by atoms with Crippen LogP contribution in [0.3, 0.4) is 0 Å². The van der Waals surface area contributed by atoms with Crippen LogP contribution in [-0.4, -0.2) is 35.2 Å². The van der Waals surface area contributed by atoms with E-state index in [0.29, 0.717) is 17.2 Å². The molecular formula is C18H22N4O5. The van der Waals surface area contributed by atoms with E-state index >= 15 is 0 Å². The normalized spacial score (nSPS) is 14.4. The standard InChI is InChI=1S/C18H22N4O5/c1-25-13-8-9-15(26-2)14(10-13)21-17-16(22(23)24)18(20-11-19-17)27-12-6-4-3-5-7-12/h8-12H,3-7H2,1-2H3,(H,19,20,21). The molecule has 0 unspecified atom stereocenters. The number of hydrogen-bond acceptors (Lipinski definition) is 8. The average molecular weight is 374 g/mol. The van der Waals surface area contributed by atoms with Gasteiger partial charge in [0.25, 0.3) is 5.88 Å². The lowest BCUT2D eigenvalue weighted by molar-refractivity contribution is -0.385. The Hall–Kier alpha value is -3.10. The highest BCUT2D eigenvalue weighted by atomic mass is 16.6. The summed E-state index contributed by atoms with van der Waals surface area (Å²) in [7, 11) is 3.05. The van der Waals surface area contributed by atoms with Gasteiger partial charge in [0.05, 0.1) is 24.8 Å². The minimum Gasteiger partial charge on any atom is -0.497 e. The maximum atomic E-state index is 11.7. The van der Waals surface area contributed by atoms with Crippen molar-refractivity contribution in [2.45, 2.75) is 38.2 Å². The minimum absolute atomic E-state index is 0.0220. The molecule has 27 heavy (non-hydrogen) atoms. The van der Waals surface area contributed by atoms with Crippen LogP contribution in [0.15, 0.2) is 24.5 Å². The summed E-state index contributed by atoms with van der Waals surface area (Å²) in [6, 6.07) is 5.11. The Balaban J connectivity index is 1.93. The van der Waals surface area contributed by atoms with Gasteiger partial charge in [0.15, 0.2) is 0 Å². The van der Waals surface area contributed by atoms with E-state index in [2.05, 4.69) is 15.3 Å². The van der Waals surface area contributed by atoms with E-state index in [1.54, 1.807) is 18.2 Å². The molecule has 0 bridgehead atoms. The molecule has 3 rings (SSSR count). The van der Waals surface area contributed by atoms with E-state index in [9.17, 15) is 10.1 Å². The first-order valence-corrected chi connectivity index (χ1v) is 8.77. The highest BCUT2D eigenvalue weighted by Gasteiger charge is 2.28. The van der Waals surface area contributed by atoms with Crippen molar-refractivity contribution in [2.24, 2.45) is 0 Å². The molecule has 9 heteroatoms. The number of nitro groups is 1. The van der Waals surface area contributed by atoms with Crippen molar-refractivity contribution in [2.75, 3.05) is 19.5 Å². The van der Waals surface area contributed by atoms with Gasteiger partial charge in [-0.15, -0.1) is 0 Å². The molecule has 9 nitrogen and oxygen atoms in total. The highest BCUT2D eigenvalue weighted by molar-refractivity contribution is 5.73. The van der Waals surface area contributed by atoms with Crippen LogP contribution in [0.2, 0.25) is 0 Å². The zero-order valence-corrected chi connectivity index (χ0v) is 15.3. The monoisotopic (exact) mass is 374 g/mol. The molecule has 1 heterocycles. The van der Waals surface area contributed by atoms with E-state index in [1.807, 2.05) is 0 Å². The molecule has 1 saturated carbocycles. The van der Waals surface area contributed by atoms with Crippen LogP contribution in [0.25, 0.3) is 0 Å². The fourth-order valence-electron chi connectivity index (χ4n) is 3.09. The Bertz CT molecular complexity index is 808. The predicted octanol–water partition coefficient (Wildman–Crippen LogP) is 3.86. The average Bonchev–Trinajstić information content (AvgIpc) is 2.68. The summed E-state index contributed by atoms with van der Waals surface area (Å²) >= 11 is 0. The molecule has 1 aromatic heterocycles. The third-order valence-corrected chi connectivity index (χ3v) is 4.46. The van der Waals surface area contributed by atoms with E-state index < -0.39 is 4.92 Å². The number of anilines is 2. The number of methoxy groups -OCH3 is 2. The number of benzene rings is 1. The molecule has 0 radical (unpaired) electrons. The van der Waals surface area contributed by atoms with E-state index in [-0.39, 0.29) is 23.5 Å². The lowest BCUT2D eigenvalue weighted by Crippen LogP contribution is -2.21. The third-order valence-electron chi connectivity index (χ3n) is 4.46. The molecule has 0 amide bonds. The van der Waals surface area contributed by atoms with Gasteiger partial charge < -0.3 is 19.5 Å². The summed E-state index contributed by atoms with van der Waals surface area (Å²) in [5.41, 5.74) is 0.190. The number of nitrogens with one attached hydrogen (secondary N) is 1. The first kappa shape index (κ1) is 18.7. The molecule has 1 aromatic carbocycles. The Kier molecular flexibility index (Phi) is 5.90. The Labute approximate surface area is 156 Å². The van der Waals surface area contributed by atoms with Gasteiger partial charge in [-0.1, -0.05) is 6.42 Å². The maximum absolute atomic E-state index is 11.7. The smallest absolute Gasteiger partial charge is 0.373 e. The summed E-state index contributed by atoms with van der Waals surface area (Å²) in [5.74, 6) is 1.09. The summed E-state index contributed by atoms with van der Waals surface area (Å²) in [5, 5.41) is 14.6. The van der Waals surface area contributed by atoms with Gasteiger partial charge in [-0.25, -0.2) is 4.98 Å². The van der Waals surface area contributed by atoms with Gasteiger partial charge >= 0.3 is 5.69 Å². The third kappa shape index (κ3) is 4.36. The quantitative estimate of drug-likeness (QED) is 0.575. The maximum Gasteiger partial charge on any atom is 0.373 e. The van der Waals surface area contributed by atoms with Crippen LogP contribution in [0.5, 0.6) is 17.4 Å². The second-order valence-corrected chi connectivity index (χ2v) is 6.20. The van der Waals surface area contributed by atoms with E-state index in [0.717, 1.165) is 32.1 Å². The van der Waals surface area contributed by atoms with Crippen molar-refractivity contribution in [3.8, 4) is 17.4 Å². The fraction of sp³-hybridized carbons (Fsp3) is 0.444. The van der Waals surface area contributed by atoms with Gasteiger partial charge in [0.2, 0.25) is 5.82 Å². The highest BCUT2D eigenvalue weighted by Crippen LogP contribution is 2.38. The predicted molar refractivity (Wildman–Crippen MR) is 99.0 cm³/mol. The zero-order valence-electron chi connectivity index (χ0n) is 15.3. The van der Waals surface area contributed by atoms with Crippen LogP contribution in [0.1, 0.15) is 32.1 Å². The molecule has 1 aliphatic rings. The number of rotatable bonds is 7. The van der Waals surface area contributed by atoms with Crippen molar-refractivity contribution in [3.05, 3.63) is 34.6 Å². The van der Waals surface area contributed by atoms with Crippen molar-refractivity contribution < 1.29 is 19.1 Å². The van der Waals surface area contributed by atoms with Crippen LogP contribution >= 0.6 is 0 Å². The number of nitrogens with zero attached hydrogens (tertiary/aromatic N) is 3. The molecule has 144 valence electrons. The summed E-state index contributed by atoms with van der Waals surface area (Å²) in [6.45, 7) is 0. The molecule has 0 spiro atoms. The first-order chi connectivity index (χ1) is 13.1. The molecule has 1 fully saturated rings. The molecule has 2 aromatic rings. The van der Waals surface area contributed by atoms with Crippen molar-refractivity contribution in [1.82, 2.24) is 9.97 Å². The van der Waals surface area contributed by atoms with E-state index in [1.165, 1.54) is 20.5 Å². The number of aromatic nitrogens is 2. The topological polar surface area (TPSA) is 109 Å². The first-order valence-electron chi connectivity index (χ1n) is 8.77. The van der Waals surface area contributed by atoms with Gasteiger partial charge in [-0.3, -0.25) is 10.1 Å². The van der Waals surface area contributed by atoms with Gasteiger partial charge in [-0.05, 0) is 37.8 Å². The number of hydrogen-bond donors (Lipinski definition) is 1. The van der Waals surface area contributed by atoms with Crippen molar-refractivity contribution in [1.29, 1.82) is 0 Å². The fourth-order valence-corrected chi connectivity index (χ4v) is 3.09. The summed E-state index contributed by atoms with van der Waals surface area (Å²) in [6.07, 6.45) is 6.19. The van der Waals surface area contributed by atoms with Crippen molar-refractivity contribution in [3.63, 3.8) is 0 Å². The Morgan fingerprint density at radius 2 is 1.93 bits per heavy atom. The summed E-state index contributed by atoms with van der Waals surface area (Å²) < 4.78 is 16.4. The Morgan fingerprint density at radius 3 is 2.59 bits per heavy atom. The second kappa shape index (κ2) is 8.52. The Morgan fingerprint density at radius 1 is 1.15 bits per heavy atom. The van der Waals surface area contributed by atoms with Crippen LogP contribution in [0.4, 0.5) is 17.2 Å². The SMILES string of the molecule is COc1ccc(OC)c(Nc2ncnc(OC3CCCCC3)c2[N+](=O)[O-])c1. The zero-order chi connectivity index (χ0) is 19.2. The van der Waals surface area contributed by atoms with E-state index in [4.69, 9.17) is 14.2 Å². The minimum atomic E-state index is -0.535. The number of ether oxygens (including phenoxy) is 3. The van der Waals surface area contributed by atoms with Crippen LogP contribution in [0, 0.1) is 10.1 Å². The lowest BCUT2D eigenvalue weighted by Gasteiger charge is -2.22. The largest absolute Gasteiger partial charge is 0.497 e.